The molecule has 1 heterocycles. The van der Waals surface area contributed by atoms with E-state index in [2.05, 4.69) is 10.2 Å². The molecule has 0 aromatic rings. The Hall–Kier alpha value is -0.610. The normalized spacial score (nSPS) is 21.4. The zero-order valence-corrected chi connectivity index (χ0v) is 12.7. The van der Waals surface area contributed by atoms with E-state index in [9.17, 15) is 4.79 Å². The molecule has 2 N–H and O–H groups in total. The van der Waals surface area contributed by atoms with Crippen LogP contribution in [-0.2, 0) is 4.79 Å². The van der Waals surface area contributed by atoms with Gasteiger partial charge < -0.3 is 15.3 Å². The SMILES string of the molecule is CC(C)(C)NC(=O)CCN1CCC[C@H](CCCO)C1. The number of rotatable bonds is 6. The lowest BCUT2D eigenvalue weighted by Gasteiger charge is -2.32. The summed E-state index contributed by atoms with van der Waals surface area (Å²) in [6.45, 7) is 9.38. The van der Waals surface area contributed by atoms with Gasteiger partial charge in [0.05, 0.1) is 0 Å². The second kappa shape index (κ2) is 7.85. The second-order valence-corrected chi connectivity index (χ2v) is 6.72. The Morgan fingerprint density at radius 3 is 2.79 bits per heavy atom. The molecule has 0 unspecified atom stereocenters. The number of hydrogen-bond donors (Lipinski definition) is 2. The van der Waals surface area contributed by atoms with Gasteiger partial charge >= 0.3 is 0 Å². The monoisotopic (exact) mass is 270 g/mol. The van der Waals surface area contributed by atoms with Gasteiger partial charge in [0, 0.05) is 31.7 Å². The lowest BCUT2D eigenvalue weighted by molar-refractivity contribution is -0.122. The van der Waals surface area contributed by atoms with Crippen LogP contribution in [0.4, 0.5) is 0 Å². The molecule has 1 amide bonds. The fourth-order valence-corrected chi connectivity index (χ4v) is 2.71. The lowest BCUT2D eigenvalue weighted by Crippen LogP contribution is -2.43. The van der Waals surface area contributed by atoms with Crippen molar-refractivity contribution < 1.29 is 9.90 Å². The van der Waals surface area contributed by atoms with E-state index in [0.29, 0.717) is 18.9 Å². The van der Waals surface area contributed by atoms with Crippen molar-refractivity contribution in [3.05, 3.63) is 0 Å². The van der Waals surface area contributed by atoms with Crippen LogP contribution < -0.4 is 5.32 Å². The number of aliphatic hydroxyl groups excluding tert-OH is 1. The van der Waals surface area contributed by atoms with Gasteiger partial charge in [-0.05, 0) is 58.9 Å². The molecule has 0 saturated carbocycles. The van der Waals surface area contributed by atoms with E-state index in [1.54, 1.807) is 0 Å². The first-order valence-corrected chi connectivity index (χ1v) is 7.55. The first-order chi connectivity index (χ1) is 8.90. The lowest BCUT2D eigenvalue weighted by atomic mass is 9.93. The number of nitrogens with one attached hydrogen (secondary N) is 1. The maximum Gasteiger partial charge on any atom is 0.221 e. The first kappa shape index (κ1) is 16.4. The van der Waals surface area contributed by atoms with Gasteiger partial charge in [-0.3, -0.25) is 4.79 Å². The summed E-state index contributed by atoms with van der Waals surface area (Å²) in [6, 6.07) is 0. The highest BCUT2D eigenvalue weighted by atomic mass is 16.2. The molecule has 4 nitrogen and oxygen atoms in total. The quantitative estimate of drug-likeness (QED) is 0.773. The van der Waals surface area contributed by atoms with Crippen LogP contribution in [0.2, 0.25) is 0 Å². The van der Waals surface area contributed by atoms with Crippen molar-refractivity contribution in [2.75, 3.05) is 26.2 Å². The summed E-state index contributed by atoms with van der Waals surface area (Å²) in [6.07, 6.45) is 5.09. The van der Waals surface area contributed by atoms with Crippen molar-refractivity contribution in [3.8, 4) is 0 Å². The fourth-order valence-electron chi connectivity index (χ4n) is 2.71. The Labute approximate surface area is 117 Å². The number of amides is 1. The molecule has 4 heteroatoms. The van der Waals surface area contributed by atoms with E-state index in [1.807, 2.05) is 20.8 Å². The van der Waals surface area contributed by atoms with Crippen molar-refractivity contribution in [2.24, 2.45) is 5.92 Å². The number of nitrogens with zero attached hydrogens (tertiary/aromatic N) is 1. The number of aliphatic hydroxyl groups is 1. The van der Waals surface area contributed by atoms with Crippen LogP contribution >= 0.6 is 0 Å². The smallest absolute Gasteiger partial charge is 0.221 e. The van der Waals surface area contributed by atoms with E-state index >= 15 is 0 Å². The molecule has 0 bridgehead atoms. The molecule has 112 valence electrons. The van der Waals surface area contributed by atoms with Crippen LogP contribution in [0.5, 0.6) is 0 Å². The van der Waals surface area contributed by atoms with Crippen LogP contribution in [0.25, 0.3) is 0 Å². The zero-order valence-electron chi connectivity index (χ0n) is 12.7. The predicted molar refractivity (Wildman–Crippen MR) is 78.0 cm³/mol. The average Bonchev–Trinajstić information content (AvgIpc) is 2.32. The minimum absolute atomic E-state index is 0.136. The molecule has 1 rings (SSSR count). The van der Waals surface area contributed by atoms with Gasteiger partial charge in [0.2, 0.25) is 5.91 Å². The number of carbonyl (C=O) groups is 1. The zero-order chi connectivity index (χ0) is 14.3. The molecule has 0 spiro atoms. The molecular formula is C15H30N2O2. The van der Waals surface area contributed by atoms with Gasteiger partial charge in [-0.25, -0.2) is 0 Å². The standard InChI is InChI=1S/C15H30N2O2/c1-15(2,3)16-14(19)8-10-17-9-4-6-13(12-17)7-5-11-18/h13,18H,4-12H2,1-3H3,(H,16,19)/t13-/m1/s1. The minimum Gasteiger partial charge on any atom is -0.396 e. The largest absolute Gasteiger partial charge is 0.396 e. The summed E-state index contributed by atoms with van der Waals surface area (Å²) in [5, 5.41) is 11.9. The maximum absolute atomic E-state index is 11.8. The molecule has 1 aliphatic rings. The van der Waals surface area contributed by atoms with Gasteiger partial charge in [0.25, 0.3) is 0 Å². The van der Waals surface area contributed by atoms with E-state index in [-0.39, 0.29) is 11.4 Å². The van der Waals surface area contributed by atoms with Crippen molar-refractivity contribution in [2.45, 2.75) is 58.4 Å². The van der Waals surface area contributed by atoms with Crippen LogP contribution in [0.1, 0.15) is 52.9 Å². The summed E-state index contributed by atoms with van der Waals surface area (Å²) in [5.74, 6) is 0.844. The van der Waals surface area contributed by atoms with E-state index < -0.39 is 0 Å². The Balaban J connectivity index is 2.23. The van der Waals surface area contributed by atoms with Crippen molar-refractivity contribution in [3.63, 3.8) is 0 Å². The van der Waals surface area contributed by atoms with Crippen molar-refractivity contribution in [1.82, 2.24) is 10.2 Å². The first-order valence-electron chi connectivity index (χ1n) is 7.55. The highest BCUT2D eigenvalue weighted by Gasteiger charge is 2.20. The third-order valence-electron chi connectivity index (χ3n) is 3.54. The van der Waals surface area contributed by atoms with E-state index in [4.69, 9.17) is 5.11 Å². The highest BCUT2D eigenvalue weighted by molar-refractivity contribution is 5.76. The molecule has 1 fully saturated rings. The van der Waals surface area contributed by atoms with E-state index in [0.717, 1.165) is 32.5 Å². The second-order valence-electron chi connectivity index (χ2n) is 6.72. The Bertz CT molecular complexity index is 274. The van der Waals surface area contributed by atoms with E-state index in [1.165, 1.54) is 12.8 Å². The molecule has 0 aromatic carbocycles. The molecule has 19 heavy (non-hydrogen) atoms. The predicted octanol–water partition coefficient (Wildman–Crippen LogP) is 1.78. The minimum atomic E-state index is -0.136. The Kier molecular flexibility index (Phi) is 6.80. The summed E-state index contributed by atoms with van der Waals surface area (Å²) < 4.78 is 0. The van der Waals surface area contributed by atoms with Gasteiger partial charge in [0.15, 0.2) is 0 Å². The molecule has 1 saturated heterocycles. The number of piperidine rings is 1. The third kappa shape index (κ3) is 7.53. The van der Waals surface area contributed by atoms with Crippen LogP contribution in [0.3, 0.4) is 0 Å². The molecular weight excluding hydrogens is 240 g/mol. The van der Waals surface area contributed by atoms with Crippen LogP contribution in [-0.4, -0.2) is 47.7 Å². The van der Waals surface area contributed by atoms with Crippen LogP contribution in [0, 0.1) is 5.92 Å². The average molecular weight is 270 g/mol. The summed E-state index contributed by atoms with van der Waals surface area (Å²) in [5.41, 5.74) is -0.136. The molecule has 1 atom stereocenters. The van der Waals surface area contributed by atoms with Gasteiger partial charge in [0.1, 0.15) is 0 Å². The Morgan fingerprint density at radius 1 is 1.42 bits per heavy atom. The molecule has 1 aliphatic heterocycles. The third-order valence-corrected chi connectivity index (χ3v) is 3.54. The van der Waals surface area contributed by atoms with Gasteiger partial charge in [-0.15, -0.1) is 0 Å². The molecule has 0 aliphatic carbocycles. The topological polar surface area (TPSA) is 52.6 Å². The highest BCUT2D eigenvalue weighted by Crippen LogP contribution is 2.20. The number of likely N-dealkylation sites (tertiary alicyclic amines) is 1. The maximum atomic E-state index is 11.8. The number of hydrogen-bond acceptors (Lipinski definition) is 3. The van der Waals surface area contributed by atoms with Gasteiger partial charge in [-0.2, -0.15) is 0 Å². The summed E-state index contributed by atoms with van der Waals surface area (Å²) in [7, 11) is 0. The fraction of sp³-hybridized carbons (Fsp3) is 0.933. The van der Waals surface area contributed by atoms with Crippen molar-refractivity contribution in [1.29, 1.82) is 0 Å². The summed E-state index contributed by atoms with van der Waals surface area (Å²) >= 11 is 0. The summed E-state index contributed by atoms with van der Waals surface area (Å²) in [4.78, 5) is 14.2. The Morgan fingerprint density at radius 2 is 2.16 bits per heavy atom. The van der Waals surface area contributed by atoms with Gasteiger partial charge in [-0.1, -0.05) is 0 Å². The molecule has 0 radical (unpaired) electrons. The van der Waals surface area contributed by atoms with Crippen LogP contribution in [0.15, 0.2) is 0 Å². The van der Waals surface area contributed by atoms with Crippen molar-refractivity contribution >= 4 is 5.91 Å². The molecule has 0 aromatic heterocycles. The number of carbonyl (C=O) groups excluding carboxylic acids is 1.